The van der Waals surface area contributed by atoms with Crippen LogP contribution in [0.5, 0.6) is 5.75 Å². The van der Waals surface area contributed by atoms with Gasteiger partial charge in [-0.1, -0.05) is 12.1 Å². The molecule has 2 aliphatic rings. The molecule has 1 spiro atoms. The molecule has 194 valence electrons. The molecule has 3 aromatic rings. The van der Waals surface area contributed by atoms with Crippen molar-refractivity contribution >= 4 is 29.3 Å². The van der Waals surface area contributed by atoms with Gasteiger partial charge in [0, 0.05) is 72.9 Å². The van der Waals surface area contributed by atoms with E-state index in [1.54, 1.807) is 19.5 Å². The molecular weight excluding hydrogens is 478 g/mol. The lowest BCUT2D eigenvalue weighted by Crippen LogP contribution is -2.46. The molecule has 0 saturated carbocycles. The van der Waals surface area contributed by atoms with Gasteiger partial charge in [0.15, 0.2) is 0 Å². The normalized spacial score (nSPS) is 17.1. The minimum Gasteiger partial charge on any atom is -0.496 e. The lowest BCUT2D eigenvalue weighted by atomic mass is 9.77. The molecule has 0 aliphatic carbocycles. The number of amides is 2. The van der Waals surface area contributed by atoms with E-state index in [1.165, 1.54) is 12.4 Å². The molecule has 3 N–H and O–H groups in total. The van der Waals surface area contributed by atoms with Crippen molar-refractivity contribution in [3.8, 4) is 16.9 Å². The first-order valence-corrected chi connectivity index (χ1v) is 12.7. The third-order valence-electron chi connectivity index (χ3n) is 7.81. The number of rotatable bonds is 6. The number of aromatic nitrogens is 1. The molecule has 2 aromatic carbocycles. The van der Waals surface area contributed by atoms with Gasteiger partial charge >= 0.3 is 0 Å². The topological polar surface area (TPSA) is 113 Å². The fourth-order valence-corrected chi connectivity index (χ4v) is 5.50. The van der Waals surface area contributed by atoms with Gasteiger partial charge in [0.25, 0.3) is 5.91 Å². The average Bonchev–Trinajstić information content (AvgIpc) is 3.29. The number of nitrogens with two attached hydrogens (primary N) is 1. The Morgan fingerprint density at radius 1 is 1.00 bits per heavy atom. The van der Waals surface area contributed by atoms with E-state index in [-0.39, 0.29) is 11.8 Å². The summed E-state index contributed by atoms with van der Waals surface area (Å²) in [6.45, 7) is 1.73. The zero-order chi connectivity index (χ0) is 26.7. The van der Waals surface area contributed by atoms with Gasteiger partial charge < -0.3 is 25.7 Å². The second-order valence-corrected chi connectivity index (χ2v) is 9.74. The SMILES string of the molecule is COc1cc(N2CCC3(CCN(C(=O)c4ccc(-c5ccncc5)cc4)CC3)C2=O)ccc1/C(C=N)=C/N. The van der Waals surface area contributed by atoms with E-state index < -0.39 is 5.41 Å². The van der Waals surface area contributed by atoms with Crippen molar-refractivity contribution in [2.24, 2.45) is 11.1 Å². The molecule has 0 radical (unpaired) electrons. The Hall–Kier alpha value is -4.46. The van der Waals surface area contributed by atoms with Gasteiger partial charge in [0.05, 0.1) is 12.5 Å². The number of methoxy groups -OCH3 is 1. The highest BCUT2D eigenvalue weighted by Crippen LogP contribution is 2.44. The Morgan fingerprint density at radius 3 is 2.29 bits per heavy atom. The fraction of sp³-hybridized carbons (Fsp3) is 0.267. The van der Waals surface area contributed by atoms with E-state index in [0.717, 1.165) is 23.2 Å². The smallest absolute Gasteiger partial charge is 0.253 e. The molecule has 8 nitrogen and oxygen atoms in total. The van der Waals surface area contributed by atoms with Crippen molar-refractivity contribution in [3.63, 3.8) is 0 Å². The van der Waals surface area contributed by atoms with Crippen LogP contribution in [0.4, 0.5) is 5.69 Å². The van der Waals surface area contributed by atoms with Gasteiger partial charge in [-0.05, 0) is 66.8 Å². The number of ether oxygens (including phenoxy) is 1. The van der Waals surface area contributed by atoms with Crippen LogP contribution in [0.2, 0.25) is 0 Å². The second kappa shape index (κ2) is 10.5. The Labute approximate surface area is 222 Å². The number of nitrogens with one attached hydrogen (secondary N) is 1. The summed E-state index contributed by atoms with van der Waals surface area (Å²) >= 11 is 0. The monoisotopic (exact) mass is 509 g/mol. The summed E-state index contributed by atoms with van der Waals surface area (Å²) in [5, 5.41) is 7.57. The lowest BCUT2D eigenvalue weighted by Gasteiger charge is -2.38. The number of hydrogen-bond donors (Lipinski definition) is 2. The van der Waals surface area contributed by atoms with Crippen molar-refractivity contribution in [3.05, 3.63) is 84.3 Å². The maximum absolute atomic E-state index is 13.6. The molecule has 0 unspecified atom stereocenters. The fourth-order valence-electron chi connectivity index (χ4n) is 5.50. The Balaban J connectivity index is 1.26. The predicted molar refractivity (Wildman–Crippen MR) is 148 cm³/mol. The zero-order valence-electron chi connectivity index (χ0n) is 21.4. The van der Waals surface area contributed by atoms with E-state index in [4.69, 9.17) is 15.9 Å². The highest BCUT2D eigenvalue weighted by atomic mass is 16.5. The summed E-state index contributed by atoms with van der Waals surface area (Å²) in [6, 6.07) is 17.1. The number of piperidine rings is 1. The largest absolute Gasteiger partial charge is 0.496 e. The molecule has 8 heteroatoms. The maximum atomic E-state index is 13.6. The van der Waals surface area contributed by atoms with Crippen LogP contribution in [0.3, 0.4) is 0 Å². The van der Waals surface area contributed by atoms with Crippen molar-refractivity contribution in [2.45, 2.75) is 19.3 Å². The molecule has 2 saturated heterocycles. The minimum absolute atomic E-state index is 0.00119. The number of likely N-dealkylation sites (tertiary alicyclic amines) is 1. The first kappa shape index (κ1) is 25.2. The first-order chi connectivity index (χ1) is 18.5. The lowest BCUT2D eigenvalue weighted by molar-refractivity contribution is -0.127. The van der Waals surface area contributed by atoms with Gasteiger partial charge in [0.1, 0.15) is 5.75 Å². The third kappa shape index (κ3) is 4.53. The van der Waals surface area contributed by atoms with Crippen LogP contribution in [-0.4, -0.2) is 54.7 Å². The van der Waals surface area contributed by atoms with Crippen LogP contribution in [0.15, 0.2) is 73.2 Å². The van der Waals surface area contributed by atoms with E-state index in [0.29, 0.717) is 54.9 Å². The van der Waals surface area contributed by atoms with Gasteiger partial charge in [0.2, 0.25) is 5.91 Å². The van der Waals surface area contributed by atoms with Crippen LogP contribution in [0.1, 0.15) is 35.2 Å². The van der Waals surface area contributed by atoms with Crippen molar-refractivity contribution < 1.29 is 14.3 Å². The maximum Gasteiger partial charge on any atom is 0.253 e. The minimum atomic E-state index is -0.453. The predicted octanol–water partition coefficient (Wildman–Crippen LogP) is 4.37. The molecule has 5 rings (SSSR count). The first-order valence-electron chi connectivity index (χ1n) is 12.7. The third-order valence-corrected chi connectivity index (χ3v) is 7.81. The van der Waals surface area contributed by atoms with E-state index >= 15 is 0 Å². The van der Waals surface area contributed by atoms with Gasteiger partial charge in [-0.2, -0.15) is 0 Å². The molecule has 38 heavy (non-hydrogen) atoms. The second-order valence-electron chi connectivity index (χ2n) is 9.74. The molecule has 2 aliphatic heterocycles. The van der Waals surface area contributed by atoms with Crippen LogP contribution < -0.4 is 15.4 Å². The number of nitrogens with zero attached hydrogens (tertiary/aromatic N) is 3. The number of carbonyl (C=O) groups is 2. The highest BCUT2D eigenvalue weighted by Gasteiger charge is 2.49. The summed E-state index contributed by atoms with van der Waals surface area (Å²) in [5.41, 5.74) is 9.96. The molecule has 0 atom stereocenters. The van der Waals surface area contributed by atoms with Crippen molar-refractivity contribution in [1.29, 1.82) is 5.41 Å². The van der Waals surface area contributed by atoms with Gasteiger partial charge in [-0.3, -0.25) is 14.6 Å². The molecule has 2 amide bonds. The Morgan fingerprint density at radius 2 is 1.66 bits per heavy atom. The quantitative estimate of drug-likeness (QED) is 0.479. The number of hydrogen-bond acceptors (Lipinski definition) is 6. The molecule has 1 aromatic heterocycles. The zero-order valence-corrected chi connectivity index (χ0v) is 21.4. The number of benzene rings is 2. The van der Waals surface area contributed by atoms with Crippen molar-refractivity contribution in [2.75, 3.05) is 31.6 Å². The molecular formula is C30H31N5O3. The van der Waals surface area contributed by atoms with Gasteiger partial charge in [-0.25, -0.2) is 0 Å². The summed E-state index contributed by atoms with van der Waals surface area (Å²) in [7, 11) is 1.56. The van der Waals surface area contributed by atoms with Crippen LogP contribution >= 0.6 is 0 Å². The highest BCUT2D eigenvalue weighted by molar-refractivity contribution is 6.09. The van der Waals surface area contributed by atoms with E-state index in [2.05, 4.69) is 4.98 Å². The number of pyridine rings is 1. The standard InChI is InChI=1S/C30H31N5O3/c1-38-27-18-25(6-7-26(27)24(19-31)20-32)35-17-12-30(29(35)37)10-15-34(16-11-30)28(36)23-4-2-21(3-5-23)22-8-13-33-14-9-22/h2-9,13-14,18-20,31H,10-12,15-17,32H2,1H3/b24-20+,31-19?. The Bertz CT molecular complexity index is 1380. The summed E-state index contributed by atoms with van der Waals surface area (Å²) in [5.74, 6) is 0.660. The van der Waals surface area contributed by atoms with E-state index in [9.17, 15) is 9.59 Å². The molecule has 3 heterocycles. The van der Waals surface area contributed by atoms with E-state index in [1.807, 2.05) is 64.4 Å². The summed E-state index contributed by atoms with van der Waals surface area (Å²) in [6.07, 6.45) is 8.10. The van der Waals surface area contributed by atoms with Crippen LogP contribution in [0.25, 0.3) is 16.7 Å². The number of carbonyl (C=O) groups excluding carboxylic acids is 2. The Kier molecular flexibility index (Phi) is 6.96. The van der Waals surface area contributed by atoms with Crippen molar-refractivity contribution in [1.82, 2.24) is 9.88 Å². The van der Waals surface area contributed by atoms with Crippen LogP contribution in [-0.2, 0) is 4.79 Å². The summed E-state index contributed by atoms with van der Waals surface area (Å²) < 4.78 is 5.53. The number of anilines is 1. The number of allylic oxidation sites excluding steroid dienone is 1. The average molecular weight is 510 g/mol. The van der Waals surface area contributed by atoms with Gasteiger partial charge in [-0.15, -0.1) is 0 Å². The summed E-state index contributed by atoms with van der Waals surface area (Å²) in [4.78, 5) is 34.6. The van der Waals surface area contributed by atoms with Crippen LogP contribution in [0, 0.1) is 10.8 Å². The molecule has 2 fully saturated rings. The molecule has 0 bridgehead atoms.